The highest BCUT2D eigenvalue weighted by Gasteiger charge is 2.29. The second-order valence-electron chi connectivity index (χ2n) is 9.82. The summed E-state index contributed by atoms with van der Waals surface area (Å²) in [5, 5.41) is 0.418. The Morgan fingerprint density at radius 1 is 0.953 bits per heavy atom. The van der Waals surface area contributed by atoms with Gasteiger partial charge in [-0.25, -0.2) is 30.3 Å². The predicted molar refractivity (Wildman–Crippen MR) is 158 cm³/mol. The Morgan fingerprint density at radius 3 is 2.42 bits per heavy atom. The molecule has 2 heterocycles. The number of fused-ring (bicyclic) bond motifs is 1. The normalized spacial score (nSPS) is 11.9. The molecule has 3 N–H and O–H groups in total. The summed E-state index contributed by atoms with van der Waals surface area (Å²) < 4.78 is 84.1. The van der Waals surface area contributed by atoms with Crippen LogP contribution in [-0.4, -0.2) is 38.5 Å². The molecule has 0 radical (unpaired) electrons. The standard InChI is InChI=1S/C29H24F2N4O6S2/c1-17-8-11-25-23(13-17)26(22-7-4-12-32-28(22)36)27(35(25)16-18-9-10-19(30)14-24(18)31)29(37)34-43(40,41)21-6-3-5-20(15-21)33-42(2,38)39/h3-15,33H,16H2,1-2H3,(H,32,36)(H,34,37). The van der Waals surface area contributed by atoms with Crippen LogP contribution < -0.4 is 15.0 Å². The van der Waals surface area contributed by atoms with Gasteiger partial charge >= 0.3 is 0 Å². The lowest BCUT2D eigenvalue weighted by Crippen LogP contribution is -2.33. The summed E-state index contributed by atoms with van der Waals surface area (Å²) in [6, 6.07) is 15.9. The first kappa shape index (κ1) is 29.7. The van der Waals surface area contributed by atoms with Crippen LogP contribution in [0.5, 0.6) is 0 Å². The first-order valence-electron chi connectivity index (χ1n) is 12.6. The highest BCUT2D eigenvalue weighted by atomic mass is 32.2. The van der Waals surface area contributed by atoms with Crippen LogP contribution in [0, 0.1) is 18.6 Å². The Bertz CT molecular complexity index is 2190. The van der Waals surface area contributed by atoms with Crippen molar-refractivity contribution >= 4 is 42.5 Å². The van der Waals surface area contributed by atoms with Crippen LogP contribution in [-0.2, 0) is 26.6 Å². The number of pyridine rings is 1. The summed E-state index contributed by atoms with van der Waals surface area (Å²) in [4.78, 5) is 29.1. The Labute approximate surface area is 245 Å². The van der Waals surface area contributed by atoms with Gasteiger partial charge in [-0.3, -0.25) is 14.3 Å². The number of H-pyrrole nitrogens is 1. The number of amides is 1. The first-order valence-corrected chi connectivity index (χ1v) is 16.0. The number of aromatic nitrogens is 2. The van der Waals surface area contributed by atoms with E-state index < -0.39 is 48.0 Å². The lowest BCUT2D eigenvalue weighted by molar-refractivity contribution is 0.0974. The van der Waals surface area contributed by atoms with Gasteiger partial charge in [0, 0.05) is 45.5 Å². The SMILES string of the molecule is Cc1ccc2c(c1)c(-c1ccc[nH]c1=O)c(C(=O)NS(=O)(=O)c1cccc(NS(C)(=O)=O)c1)n2Cc1ccc(F)cc1F. The fraction of sp³-hybridized carbons (Fsp3) is 0.103. The number of hydrogen-bond acceptors (Lipinski definition) is 6. The van der Waals surface area contributed by atoms with Crippen LogP contribution in [0.15, 0.2) is 88.7 Å². The molecule has 0 aliphatic rings. The maximum absolute atomic E-state index is 14.8. The van der Waals surface area contributed by atoms with E-state index in [1.807, 2.05) is 4.72 Å². The second-order valence-corrected chi connectivity index (χ2v) is 13.2. The summed E-state index contributed by atoms with van der Waals surface area (Å²) in [5.74, 6) is -2.83. The lowest BCUT2D eigenvalue weighted by Gasteiger charge is -2.14. The number of carbonyl (C=O) groups is 1. The zero-order chi connectivity index (χ0) is 31.1. The third kappa shape index (κ3) is 6.20. The number of nitrogens with zero attached hydrogens (tertiary/aromatic N) is 1. The van der Waals surface area contributed by atoms with Gasteiger partial charge < -0.3 is 9.55 Å². The van der Waals surface area contributed by atoms with Gasteiger partial charge in [0.15, 0.2) is 0 Å². The summed E-state index contributed by atoms with van der Waals surface area (Å²) in [5.41, 5.74) is 0.425. The lowest BCUT2D eigenvalue weighted by atomic mass is 10.0. The van der Waals surface area contributed by atoms with Gasteiger partial charge in [-0.1, -0.05) is 23.8 Å². The molecule has 5 rings (SSSR count). The highest BCUT2D eigenvalue weighted by Crippen LogP contribution is 2.35. The largest absolute Gasteiger partial charge is 0.331 e. The number of halogens is 2. The van der Waals surface area contributed by atoms with Crippen molar-refractivity contribution < 1.29 is 30.4 Å². The Morgan fingerprint density at radius 2 is 1.72 bits per heavy atom. The monoisotopic (exact) mass is 626 g/mol. The van der Waals surface area contributed by atoms with Crippen molar-refractivity contribution in [1.29, 1.82) is 0 Å². The van der Waals surface area contributed by atoms with Gasteiger partial charge in [-0.15, -0.1) is 0 Å². The van der Waals surface area contributed by atoms with Crippen molar-refractivity contribution in [3.8, 4) is 11.1 Å². The van der Waals surface area contributed by atoms with E-state index in [-0.39, 0.29) is 34.6 Å². The summed E-state index contributed by atoms with van der Waals surface area (Å²) in [7, 11) is -8.33. The predicted octanol–water partition coefficient (Wildman–Crippen LogP) is 4.12. The molecule has 43 heavy (non-hydrogen) atoms. The Hall–Kier alpha value is -4.82. The third-order valence-corrected chi connectivity index (χ3v) is 8.47. The van der Waals surface area contributed by atoms with E-state index in [1.54, 1.807) is 25.1 Å². The maximum atomic E-state index is 14.8. The van der Waals surface area contributed by atoms with E-state index in [9.17, 15) is 35.2 Å². The fourth-order valence-corrected chi connectivity index (χ4v) is 6.30. The number of sulfonamides is 2. The summed E-state index contributed by atoms with van der Waals surface area (Å²) in [6.45, 7) is 1.48. The number of carbonyl (C=O) groups excluding carboxylic acids is 1. The van der Waals surface area contributed by atoms with Crippen LogP contribution in [0.25, 0.3) is 22.0 Å². The van der Waals surface area contributed by atoms with E-state index >= 15 is 0 Å². The Balaban J connectivity index is 1.72. The molecular weight excluding hydrogens is 602 g/mol. The molecule has 0 spiro atoms. The number of hydrogen-bond donors (Lipinski definition) is 3. The van der Waals surface area contributed by atoms with Crippen LogP contribution in [0.4, 0.5) is 14.5 Å². The van der Waals surface area contributed by atoms with Crippen molar-refractivity contribution in [1.82, 2.24) is 14.3 Å². The molecule has 222 valence electrons. The number of aryl methyl sites for hydroxylation is 1. The molecule has 0 aliphatic carbocycles. The van der Waals surface area contributed by atoms with Crippen molar-refractivity contribution in [3.63, 3.8) is 0 Å². The minimum atomic E-state index is -4.60. The van der Waals surface area contributed by atoms with Gasteiger partial charge in [0.25, 0.3) is 21.5 Å². The number of anilines is 1. The molecular formula is C29H24F2N4O6S2. The maximum Gasteiger partial charge on any atom is 0.282 e. The number of rotatable bonds is 8. The van der Waals surface area contributed by atoms with E-state index in [4.69, 9.17) is 0 Å². The molecule has 0 atom stereocenters. The van der Waals surface area contributed by atoms with Crippen LogP contribution in [0.1, 0.15) is 21.6 Å². The van der Waals surface area contributed by atoms with Gasteiger partial charge in [0.05, 0.1) is 17.7 Å². The average molecular weight is 627 g/mol. The zero-order valence-corrected chi connectivity index (χ0v) is 24.3. The van der Waals surface area contributed by atoms with Crippen molar-refractivity contribution in [2.24, 2.45) is 0 Å². The molecule has 5 aromatic rings. The molecule has 0 aliphatic heterocycles. The average Bonchev–Trinajstić information content (AvgIpc) is 3.22. The molecule has 0 fully saturated rings. The second kappa shape index (κ2) is 11.1. The molecule has 0 bridgehead atoms. The van der Waals surface area contributed by atoms with Gasteiger partial charge in [0.2, 0.25) is 10.0 Å². The van der Waals surface area contributed by atoms with Gasteiger partial charge in [0.1, 0.15) is 17.3 Å². The van der Waals surface area contributed by atoms with Crippen LogP contribution in [0.3, 0.4) is 0 Å². The Kier molecular flexibility index (Phi) is 7.67. The molecule has 10 nitrogen and oxygen atoms in total. The van der Waals surface area contributed by atoms with Gasteiger partial charge in [-0.2, -0.15) is 0 Å². The zero-order valence-electron chi connectivity index (χ0n) is 22.7. The van der Waals surface area contributed by atoms with E-state index in [1.165, 1.54) is 47.2 Å². The van der Waals surface area contributed by atoms with Crippen LogP contribution in [0.2, 0.25) is 0 Å². The fourth-order valence-electron chi connectivity index (χ4n) is 4.75. The van der Waals surface area contributed by atoms with Crippen LogP contribution >= 0.6 is 0 Å². The van der Waals surface area contributed by atoms with Crippen molar-refractivity contribution in [2.45, 2.75) is 18.4 Å². The molecule has 14 heteroatoms. The molecule has 1 amide bonds. The third-order valence-electron chi connectivity index (χ3n) is 6.54. The van der Waals surface area contributed by atoms with E-state index in [0.29, 0.717) is 17.0 Å². The van der Waals surface area contributed by atoms with E-state index in [0.717, 1.165) is 24.0 Å². The number of aromatic amines is 1. The molecule has 0 unspecified atom stereocenters. The smallest absolute Gasteiger partial charge is 0.282 e. The molecule has 3 aromatic carbocycles. The minimum absolute atomic E-state index is 0.00357. The summed E-state index contributed by atoms with van der Waals surface area (Å²) in [6.07, 6.45) is 2.29. The topological polar surface area (TPSA) is 147 Å². The molecule has 0 saturated carbocycles. The summed E-state index contributed by atoms with van der Waals surface area (Å²) >= 11 is 0. The molecule has 0 saturated heterocycles. The number of nitrogens with one attached hydrogen (secondary N) is 3. The first-order chi connectivity index (χ1) is 20.2. The van der Waals surface area contributed by atoms with E-state index in [2.05, 4.69) is 9.71 Å². The minimum Gasteiger partial charge on any atom is -0.331 e. The van der Waals surface area contributed by atoms with Crippen molar-refractivity contribution in [3.05, 3.63) is 118 Å². The van der Waals surface area contributed by atoms with Crippen molar-refractivity contribution in [2.75, 3.05) is 11.0 Å². The molecule has 2 aromatic heterocycles. The quantitative estimate of drug-likeness (QED) is 0.236. The highest BCUT2D eigenvalue weighted by molar-refractivity contribution is 7.92. The number of benzene rings is 3. The van der Waals surface area contributed by atoms with Gasteiger partial charge in [-0.05, 0) is 55.5 Å².